The van der Waals surface area contributed by atoms with E-state index in [1.54, 1.807) is 24.9 Å². The molecule has 8 aromatic carbocycles. The Balaban J connectivity index is 0.000000356. The van der Waals surface area contributed by atoms with Gasteiger partial charge in [0.25, 0.3) is 0 Å². The molecule has 0 amide bonds. The molecule has 0 fully saturated rings. The van der Waals surface area contributed by atoms with Gasteiger partial charge in [-0.2, -0.15) is 0 Å². The van der Waals surface area contributed by atoms with E-state index in [1.807, 2.05) is 253 Å². The molecule has 0 spiro atoms. The average Bonchev–Trinajstić information content (AvgIpc) is 3.42. The molecule has 79 heavy (non-hydrogen) atoms. The first-order chi connectivity index (χ1) is 36.3. The van der Waals surface area contributed by atoms with Crippen LogP contribution in [0.2, 0.25) is 0 Å². The van der Waals surface area contributed by atoms with Crippen molar-refractivity contribution in [2.75, 3.05) is 0 Å². The Hall–Kier alpha value is -7.36. The summed E-state index contributed by atoms with van der Waals surface area (Å²) in [5, 5.41) is 47.9. The van der Waals surface area contributed by atoms with Crippen LogP contribution in [-0.4, -0.2) is 24.9 Å². The van der Waals surface area contributed by atoms with Gasteiger partial charge < -0.3 is 25.9 Å². The molecule has 8 rings (SSSR count). The third-order valence-corrected chi connectivity index (χ3v) is 12.7. The van der Waals surface area contributed by atoms with E-state index in [0.717, 1.165) is 66.8 Å². The molecule has 0 aliphatic heterocycles. The summed E-state index contributed by atoms with van der Waals surface area (Å²) < 4.78 is 0. The smallest absolute Gasteiger partial charge is 2.00 e. The van der Waals surface area contributed by atoms with Gasteiger partial charge in [0.2, 0.25) is 0 Å². The molecular formula is C68H72Fe2N4O5. The Bertz CT molecular complexity index is 2800. The minimum Gasteiger partial charge on any atom is -2.00 e. The van der Waals surface area contributed by atoms with E-state index >= 15 is 0 Å². The van der Waals surface area contributed by atoms with E-state index in [1.165, 1.54) is 0 Å². The second-order valence-corrected chi connectivity index (χ2v) is 19.5. The van der Waals surface area contributed by atoms with Crippen molar-refractivity contribution in [1.82, 2.24) is 0 Å². The van der Waals surface area contributed by atoms with Gasteiger partial charge in [0.1, 0.15) is 0 Å². The molecule has 9 nitrogen and oxygen atoms in total. The molecule has 0 aliphatic rings. The van der Waals surface area contributed by atoms with E-state index in [2.05, 4.69) is 20.0 Å². The first-order valence-corrected chi connectivity index (χ1v) is 25.8. The van der Waals surface area contributed by atoms with E-state index in [-0.39, 0.29) is 86.8 Å². The molecule has 0 N–H and O–H groups in total. The van der Waals surface area contributed by atoms with Crippen molar-refractivity contribution in [1.29, 1.82) is 0 Å². The maximum Gasteiger partial charge on any atom is 3.00 e. The van der Waals surface area contributed by atoms with Gasteiger partial charge in [0, 0.05) is 24.9 Å². The summed E-state index contributed by atoms with van der Waals surface area (Å²) in [6.45, 7) is 23.4. The number of nitrogens with zero attached hydrogens (tertiary/aromatic N) is 4. The predicted molar refractivity (Wildman–Crippen MR) is 312 cm³/mol. The Kier molecular flexibility index (Phi) is 29.0. The molecule has 0 aliphatic carbocycles. The zero-order valence-electron chi connectivity index (χ0n) is 47.3. The van der Waals surface area contributed by atoms with Gasteiger partial charge in [-0.25, -0.2) is 0 Å². The van der Waals surface area contributed by atoms with Crippen LogP contribution in [0.4, 0.5) is 0 Å². The van der Waals surface area contributed by atoms with Gasteiger partial charge in [0.15, 0.2) is 0 Å². The van der Waals surface area contributed by atoms with Crippen LogP contribution in [0.3, 0.4) is 0 Å². The molecule has 2 radical (unpaired) electrons. The standard InChI is InChI=1S/4C17H19NO.2Fe.O/c4*1-12-9-13(2)17(19)16(10-12)11-18-14(3)15-7-5-4-6-8-15;;;/h4*4-11,14,19H,1-3H3;;;/q;;;;2*+3;-2/p-4/t4*14-;;;/m1111.../s1. The normalized spacial score (nSPS) is 12.3. The quantitative estimate of drug-likeness (QED) is 0.0876. The van der Waals surface area contributed by atoms with Crippen molar-refractivity contribution >= 4 is 24.9 Å². The number of aryl methyl sites for hydroxylation is 8. The van der Waals surface area contributed by atoms with Crippen LogP contribution in [0.25, 0.3) is 0 Å². The van der Waals surface area contributed by atoms with E-state index in [0.29, 0.717) is 22.3 Å². The van der Waals surface area contributed by atoms with Crippen LogP contribution in [0.1, 0.15) is 141 Å². The molecule has 8 aromatic rings. The summed E-state index contributed by atoms with van der Waals surface area (Å²) in [6, 6.07) is 55.6. The van der Waals surface area contributed by atoms with Crippen LogP contribution in [-0.2, 0) is 39.6 Å². The minimum absolute atomic E-state index is 0. The van der Waals surface area contributed by atoms with Crippen LogP contribution in [0, 0.1) is 55.4 Å². The number of rotatable bonds is 12. The predicted octanol–water partition coefficient (Wildman–Crippen LogP) is 14.1. The number of benzene rings is 8. The molecule has 4 atom stereocenters. The third kappa shape index (κ3) is 21.4. The zero-order chi connectivity index (χ0) is 55.3. The van der Waals surface area contributed by atoms with Crippen molar-refractivity contribution in [3.05, 3.63) is 259 Å². The molecule has 0 saturated heterocycles. The second-order valence-electron chi connectivity index (χ2n) is 19.5. The van der Waals surface area contributed by atoms with E-state index in [9.17, 15) is 20.4 Å². The van der Waals surface area contributed by atoms with Gasteiger partial charge >= 0.3 is 34.1 Å². The molecule has 0 bridgehead atoms. The first kappa shape index (κ1) is 67.7. The number of aliphatic imine (C=N–C) groups is 4. The van der Waals surface area contributed by atoms with Crippen LogP contribution in [0.15, 0.2) is 190 Å². The minimum atomic E-state index is 0. The van der Waals surface area contributed by atoms with Crippen molar-refractivity contribution in [3.8, 4) is 23.0 Å². The molecule has 410 valence electrons. The summed E-state index contributed by atoms with van der Waals surface area (Å²) in [6.07, 6.45) is 6.78. The molecular weight excluding hydrogens is 1060 g/mol. The number of hydrogen-bond donors (Lipinski definition) is 0. The van der Waals surface area contributed by atoms with Crippen molar-refractivity contribution in [2.45, 2.75) is 107 Å². The Morgan fingerprint density at radius 1 is 0.291 bits per heavy atom. The summed E-state index contributed by atoms with van der Waals surface area (Å²) in [4.78, 5) is 17.9. The van der Waals surface area contributed by atoms with Crippen LogP contribution >= 0.6 is 0 Å². The summed E-state index contributed by atoms with van der Waals surface area (Å²) >= 11 is 0. The SMILES string of the molecule is Cc1cc(C)c([O-])c(C=N[C@H](C)c2ccccc2)c1.Cc1cc(C)c([O-])c(C=N[C@H](C)c2ccccc2)c1.Cc1cc(C)c([O-])c(C=N[C@H](C)c2ccccc2)c1.Cc1cc(C)c([O-])c(C=N[C@H](C)c2ccccc2)c1.[Fe+3].[Fe+3].[O-2]. The monoisotopic (exact) mass is 1140 g/mol. The molecule has 0 aromatic heterocycles. The Labute approximate surface area is 491 Å². The fourth-order valence-corrected chi connectivity index (χ4v) is 8.37. The summed E-state index contributed by atoms with van der Waals surface area (Å²) in [5.41, 5.74) is 14.7. The molecule has 0 unspecified atom stereocenters. The van der Waals surface area contributed by atoms with Gasteiger partial charge in [-0.05, 0) is 128 Å². The topological polar surface area (TPSA) is 170 Å². The Morgan fingerprint density at radius 3 is 0.620 bits per heavy atom. The second kappa shape index (κ2) is 33.8. The van der Waals surface area contributed by atoms with Gasteiger partial charge in [0.05, 0.1) is 24.2 Å². The molecule has 0 heterocycles. The van der Waals surface area contributed by atoms with Crippen LogP contribution < -0.4 is 20.4 Å². The van der Waals surface area contributed by atoms with Crippen LogP contribution in [0.5, 0.6) is 23.0 Å². The van der Waals surface area contributed by atoms with Crippen molar-refractivity contribution in [2.24, 2.45) is 20.0 Å². The van der Waals surface area contributed by atoms with E-state index in [4.69, 9.17) is 0 Å². The maximum atomic E-state index is 12.0. The molecule has 0 saturated carbocycles. The van der Waals surface area contributed by atoms with Gasteiger partial charge in [-0.3, -0.25) is 20.0 Å². The molecule has 11 heteroatoms. The fraction of sp³-hybridized carbons (Fsp3) is 0.235. The average molecular weight is 1140 g/mol. The van der Waals surface area contributed by atoms with Gasteiger partial charge in [-0.1, -0.05) is 237 Å². The fourth-order valence-electron chi connectivity index (χ4n) is 8.37. The number of hydrogen-bond acceptors (Lipinski definition) is 8. The largest absolute Gasteiger partial charge is 3.00 e. The maximum absolute atomic E-state index is 12.0. The summed E-state index contributed by atoms with van der Waals surface area (Å²) in [5.74, 6) is 0.258. The summed E-state index contributed by atoms with van der Waals surface area (Å²) in [7, 11) is 0. The third-order valence-electron chi connectivity index (χ3n) is 12.7. The van der Waals surface area contributed by atoms with Crippen molar-refractivity contribution < 1.29 is 60.0 Å². The Morgan fingerprint density at radius 2 is 0.456 bits per heavy atom. The van der Waals surface area contributed by atoms with Crippen molar-refractivity contribution in [3.63, 3.8) is 0 Å². The zero-order valence-corrected chi connectivity index (χ0v) is 49.5. The van der Waals surface area contributed by atoms with E-state index < -0.39 is 0 Å². The van der Waals surface area contributed by atoms with Gasteiger partial charge in [-0.15, -0.1) is 0 Å². The first-order valence-electron chi connectivity index (χ1n) is 25.8.